The Kier molecular flexibility index (Phi) is 10.3. The van der Waals surface area contributed by atoms with Crippen LogP contribution in [0.3, 0.4) is 0 Å². The van der Waals surface area contributed by atoms with Crippen molar-refractivity contribution >= 4 is 14.3 Å². The number of rotatable bonds is 11. The topological polar surface area (TPSA) is 111 Å². The first-order valence-corrected chi connectivity index (χ1v) is 20.3. The maximum Gasteiger partial charge on any atom is 0.339 e. The first-order valence-electron chi connectivity index (χ1n) is 17.4. The fraction of sp³-hybridized carbons (Fsp3) is 0.757. The SMILES string of the molecule is CC[C@]1([C@@H]2OC(C(=O)O)([C@H]3O[C@@](CO[Si](C)(C)C(C)(C)C)(OC)[C@H](C)C=C3C)C[C@@H]2C)O[C@H](OCc2ccccc2)[C@H]2OC(C)(C)O[C@H]21. The molecule has 48 heavy (non-hydrogen) atoms. The van der Waals surface area contributed by atoms with Gasteiger partial charge in [-0.3, -0.25) is 0 Å². The number of hydrogen-bond donors (Lipinski definition) is 1. The van der Waals surface area contributed by atoms with E-state index in [1.807, 2.05) is 78.0 Å². The standard InChI is InChI=1S/C37H58O10Si/c1-13-35(30-27(43-34(8,9)44-30)31(47-35)41-21-26-17-15-14-16-18-26)29-24(3)20-36(45-29,32(38)39)28-23(2)19-25(4)37(40-10,46-28)22-42-48(11,12)33(5,6)7/h14-19,24-25,27-31H,13,20-22H2,1-12H3,(H,38,39)/t24-,25+,27-,28-,29+,30+,31-,35+,36?,37+/m0/s1. The van der Waals surface area contributed by atoms with Crippen LogP contribution in [0.2, 0.25) is 18.1 Å². The third-order valence-corrected chi connectivity index (χ3v) is 16.0. The highest BCUT2D eigenvalue weighted by Gasteiger charge is 2.71. The van der Waals surface area contributed by atoms with Gasteiger partial charge >= 0.3 is 5.97 Å². The monoisotopic (exact) mass is 690 g/mol. The van der Waals surface area contributed by atoms with Gasteiger partial charge < -0.3 is 42.7 Å². The Morgan fingerprint density at radius 1 is 1.02 bits per heavy atom. The van der Waals surface area contributed by atoms with Crippen LogP contribution in [0.5, 0.6) is 0 Å². The number of ether oxygens (including phenoxy) is 7. The molecular weight excluding hydrogens is 632 g/mol. The highest BCUT2D eigenvalue weighted by atomic mass is 28.4. The highest BCUT2D eigenvalue weighted by molar-refractivity contribution is 6.74. The number of aliphatic carboxylic acids is 1. The second kappa shape index (κ2) is 13.1. The Labute approximate surface area is 287 Å². The predicted octanol–water partition coefficient (Wildman–Crippen LogP) is 6.82. The second-order valence-electron chi connectivity index (χ2n) is 16.3. The molecular formula is C37H58O10Si. The molecule has 4 aliphatic heterocycles. The van der Waals surface area contributed by atoms with Gasteiger partial charge in [-0.05, 0) is 68.8 Å². The van der Waals surface area contributed by atoms with Crippen LogP contribution in [-0.2, 0) is 49.0 Å². The van der Waals surface area contributed by atoms with Gasteiger partial charge in [0.1, 0.15) is 23.9 Å². The smallest absolute Gasteiger partial charge is 0.339 e. The third-order valence-electron chi connectivity index (χ3n) is 11.5. The summed E-state index contributed by atoms with van der Waals surface area (Å²) in [6, 6.07) is 9.89. The molecule has 4 aliphatic rings. The van der Waals surface area contributed by atoms with Crippen molar-refractivity contribution in [1.82, 2.24) is 0 Å². The van der Waals surface area contributed by atoms with Gasteiger partial charge in [-0.25, -0.2) is 4.79 Å². The van der Waals surface area contributed by atoms with Crippen LogP contribution < -0.4 is 0 Å². The quantitative estimate of drug-likeness (QED) is 0.196. The summed E-state index contributed by atoms with van der Waals surface area (Å²) < 4.78 is 52.6. The minimum atomic E-state index is -2.19. The van der Waals surface area contributed by atoms with Gasteiger partial charge in [0.25, 0.3) is 0 Å². The van der Waals surface area contributed by atoms with Crippen LogP contribution in [0.4, 0.5) is 0 Å². The lowest BCUT2D eigenvalue weighted by molar-refractivity contribution is -0.312. The first-order chi connectivity index (χ1) is 22.3. The van der Waals surface area contributed by atoms with Crippen LogP contribution in [0, 0.1) is 11.8 Å². The van der Waals surface area contributed by atoms with Gasteiger partial charge in [0, 0.05) is 13.0 Å². The molecule has 10 atom stereocenters. The number of methoxy groups -OCH3 is 1. The fourth-order valence-electron chi connectivity index (χ4n) is 7.72. The van der Waals surface area contributed by atoms with Crippen molar-refractivity contribution in [1.29, 1.82) is 0 Å². The first kappa shape index (κ1) is 37.6. The van der Waals surface area contributed by atoms with E-state index < -0.39 is 67.8 Å². The molecule has 0 aliphatic carbocycles. The summed E-state index contributed by atoms with van der Waals surface area (Å²) in [4.78, 5) is 13.5. The molecule has 1 N–H and O–H groups in total. The Bertz CT molecular complexity index is 1340. The zero-order valence-electron chi connectivity index (χ0n) is 31.0. The van der Waals surface area contributed by atoms with Crippen molar-refractivity contribution in [2.24, 2.45) is 11.8 Å². The van der Waals surface area contributed by atoms with E-state index in [-0.39, 0.29) is 29.9 Å². The van der Waals surface area contributed by atoms with Crippen molar-refractivity contribution in [3.05, 3.63) is 47.5 Å². The van der Waals surface area contributed by atoms with Gasteiger partial charge in [0.2, 0.25) is 0 Å². The van der Waals surface area contributed by atoms with Crippen LogP contribution in [0.1, 0.15) is 80.7 Å². The average molecular weight is 691 g/mol. The normalized spacial score (nSPS) is 39.8. The van der Waals surface area contributed by atoms with Gasteiger partial charge in [-0.1, -0.05) is 78.0 Å². The van der Waals surface area contributed by atoms with E-state index in [0.29, 0.717) is 13.0 Å². The van der Waals surface area contributed by atoms with E-state index >= 15 is 0 Å². The lowest BCUT2D eigenvalue weighted by atomic mass is 9.78. The molecule has 3 fully saturated rings. The molecule has 0 bridgehead atoms. The Morgan fingerprint density at radius 3 is 2.27 bits per heavy atom. The van der Waals surface area contributed by atoms with Crippen LogP contribution in [0.25, 0.3) is 0 Å². The van der Waals surface area contributed by atoms with Crippen molar-refractivity contribution < 1.29 is 47.5 Å². The largest absolute Gasteiger partial charge is 0.479 e. The molecule has 1 aromatic carbocycles. The van der Waals surface area contributed by atoms with E-state index in [4.69, 9.17) is 37.6 Å². The molecule has 4 heterocycles. The second-order valence-corrected chi connectivity index (χ2v) is 21.1. The predicted molar refractivity (Wildman–Crippen MR) is 183 cm³/mol. The molecule has 10 nitrogen and oxygen atoms in total. The summed E-state index contributed by atoms with van der Waals surface area (Å²) in [7, 11) is -0.594. The molecule has 11 heteroatoms. The van der Waals surface area contributed by atoms with Gasteiger partial charge in [0.05, 0.1) is 19.3 Å². The Balaban J connectivity index is 1.46. The molecule has 0 amide bonds. The third kappa shape index (κ3) is 6.48. The summed E-state index contributed by atoms with van der Waals surface area (Å²) in [5, 5.41) is 11.0. The number of carboxylic acids is 1. The number of benzene rings is 1. The zero-order chi connectivity index (χ0) is 35.5. The molecule has 270 valence electrons. The molecule has 5 rings (SSSR count). The lowest BCUT2D eigenvalue weighted by Gasteiger charge is -2.49. The molecule has 0 saturated carbocycles. The minimum absolute atomic E-state index is 0.0264. The number of fused-ring (bicyclic) bond motifs is 1. The van der Waals surface area contributed by atoms with E-state index in [0.717, 1.165) is 11.1 Å². The molecule has 3 saturated heterocycles. The maximum absolute atomic E-state index is 13.5. The number of carboxylic acid groups (broad SMARTS) is 1. The lowest BCUT2D eigenvalue weighted by Crippen LogP contribution is -2.62. The van der Waals surface area contributed by atoms with E-state index in [1.54, 1.807) is 7.11 Å². The summed E-state index contributed by atoms with van der Waals surface area (Å²) in [6.45, 7) is 23.1. The van der Waals surface area contributed by atoms with Crippen molar-refractivity contribution in [2.45, 2.75) is 153 Å². The summed E-state index contributed by atoms with van der Waals surface area (Å²) in [5.41, 5.74) is -0.978. The van der Waals surface area contributed by atoms with Gasteiger partial charge in [0.15, 0.2) is 31.8 Å². The van der Waals surface area contributed by atoms with Gasteiger partial charge in [-0.15, -0.1) is 0 Å². The van der Waals surface area contributed by atoms with Crippen LogP contribution >= 0.6 is 0 Å². The van der Waals surface area contributed by atoms with E-state index in [2.05, 4.69) is 33.9 Å². The number of hydrogen-bond acceptors (Lipinski definition) is 9. The van der Waals surface area contributed by atoms with E-state index in [9.17, 15) is 9.90 Å². The molecule has 0 spiro atoms. The zero-order valence-corrected chi connectivity index (χ0v) is 32.0. The molecule has 1 aromatic rings. The van der Waals surface area contributed by atoms with Crippen molar-refractivity contribution in [2.75, 3.05) is 13.7 Å². The van der Waals surface area contributed by atoms with E-state index in [1.165, 1.54) is 0 Å². The molecule has 1 unspecified atom stereocenters. The summed E-state index contributed by atoms with van der Waals surface area (Å²) in [5.74, 6) is -3.62. The fourth-order valence-corrected chi connectivity index (χ4v) is 8.71. The van der Waals surface area contributed by atoms with Crippen molar-refractivity contribution in [3.8, 4) is 0 Å². The minimum Gasteiger partial charge on any atom is -0.479 e. The Morgan fingerprint density at radius 2 is 1.69 bits per heavy atom. The van der Waals surface area contributed by atoms with Crippen LogP contribution in [0.15, 0.2) is 42.0 Å². The Hall–Kier alpha value is -1.67. The maximum atomic E-state index is 13.5. The van der Waals surface area contributed by atoms with Crippen molar-refractivity contribution in [3.63, 3.8) is 0 Å². The summed E-state index contributed by atoms with van der Waals surface area (Å²) in [6.07, 6.45) is -0.683. The molecule has 0 aromatic heterocycles. The summed E-state index contributed by atoms with van der Waals surface area (Å²) >= 11 is 0. The van der Waals surface area contributed by atoms with Crippen LogP contribution in [-0.4, -0.2) is 86.6 Å². The highest BCUT2D eigenvalue weighted by Crippen LogP contribution is 2.55. The van der Waals surface area contributed by atoms with Gasteiger partial charge in [-0.2, -0.15) is 0 Å². The number of carbonyl (C=O) groups is 1. The molecule has 0 radical (unpaired) electrons. The average Bonchev–Trinajstić information content (AvgIpc) is 3.63.